The van der Waals surface area contributed by atoms with E-state index in [1.54, 1.807) is 38.2 Å². The first kappa shape index (κ1) is 20.6. The van der Waals surface area contributed by atoms with Crippen LogP contribution in [-0.4, -0.2) is 43.5 Å². The van der Waals surface area contributed by atoms with Crippen molar-refractivity contribution >= 4 is 66.7 Å². The van der Waals surface area contributed by atoms with Gasteiger partial charge >= 0.3 is 173 Å². The van der Waals surface area contributed by atoms with Crippen LogP contribution >= 0.6 is 11.3 Å². The molecule has 0 saturated carbocycles. The maximum atomic E-state index is 14.3. The van der Waals surface area contributed by atoms with Gasteiger partial charge in [-0.25, -0.2) is 0 Å². The molecular formula is C18H19FN3O2STl. The van der Waals surface area contributed by atoms with E-state index >= 15 is 0 Å². The van der Waals surface area contributed by atoms with E-state index in [0.717, 1.165) is 4.88 Å². The summed E-state index contributed by atoms with van der Waals surface area (Å²) in [5.41, 5.74) is 0.550. The number of carbonyl (C=O) groups excluding carboxylic acids is 1. The van der Waals surface area contributed by atoms with Gasteiger partial charge < -0.3 is 0 Å². The summed E-state index contributed by atoms with van der Waals surface area (Å²) in [6.07, 6.45) is 2.75. The van der Waals surface area contributed by atoms with Crippen molar-refractivity contribution in [2.75, 3.05) is 8.44 Å². The number of hydrogen-bond donors (Lipinski definition) is 3. The van der Waals surface area contributed by atoms with Gasteiger partial charge in [-0.3, -0.25) is 0 Å². The van der Waals surface area contributed by atoms with Crippen molar-refractivity contribution in [1.29, 1.82) is 5.41 Å². The van der Waals surface area contributed by atoms with Gasteiger partial charge in [-0.2, -0.15) is 0 Å². The number of rotatable bonds is 5. The number of anilines is 2. The second-order valence-corrected chi connectivity index (χ2v) is 8.51. The molecule has 0 aliphatic carbocycles. The minimum atomic E-state index is -0.739. The molecule has 0 bridgehead atoms. The molecule has 0 spiro atoms. The van der Waals surface area contributed by atoms with E-state index in [4.69, 9.17) is 10.1 Å². The quantitative estimate of drug-likeness (QED) is 0.361. The number of ether oxygens (including phenoxy) is 1. The van der Waals surface area contributed by atoms with Gasteiger partial charge in [0.1, 0.15) is 0 Å². The van der Waals surface area contributed by atoms with Crippen molar-refractivity contribution < 1.29 is 13.9 Å². The van der Waals surface area contributed by atoms with Crippen LogP contribution in [0.3, 0.4) is 0 Å². The number of allylic oxidation sites excluding steroid dienone is 1. The van der Waals surface area contributed by atoms with Crippen LogP contribution in [0.5, 0.6) is 0 Å². The van der Waals surface area contributed by atoms with Crippen molar-refractivity contribution in [3.8, 4) is 0 Å². The van der Waals surface area contributed by atoms with Crippen LogP contribution in [-0.2, 0) is 4.74 Å². The molecule has 5 nitrogen and oxygen atoms in total. The summed E-state index contributed by atoms with van der Waals surface area (Å²) in [6.45, 7) is 5.19. The number of benzene rings is 1. The van der Waals surface area contributed by atoms with Crippen molar-refractivity contribution in [1.82, 2.24) is 0 Å². The fourth-order valence-corrected chi connectivity index (χ4v) is 3.61. The maximum absolute atomic E-state index is 14.3. The molecule has 0 fully saturated rings. The van der Waals surface area contributed by atoms with Crippen molar-refractivity contribution in [2.24, 2.45) is 0 Å². The number of nitrogens with one attached hydrogen (secondary N) is 3. The molecular weight excluding hydrogens is 546 g/mol. The summed E-state index contributed by atoms with van der Waals surface area (Å²) in [4.78, 5) is 12.9. The van der Waals surface area contributed by atoms with Gasteiger partial charge in [-0.15, -0.1) is 0 Å². The Morgan fingerprint density at radius 1 is 1.35 bits per heavy atom. The first-order valence-electron chi connectivity index (χ1n) is 7.80. The molecule has 134 valence electrons. The van der Waals surface area contributed by atoms with Gasteiger partial charge in [-0.05, 0) is 0 Å². The third-order valence-corrected chi connectivity index (χ3v) is 5.19. The number of hydrogen-bond acceptors (Lipinski definition) is 5. The minimum absolute atomic E-state index is 0.0208. The van der Waals surface area contributed by atoms with Crippen LogP contribution in [0.15, 0.2) is 35.7 Å². The van der Waals surface area contributed by atoms with Crippen LogP contribution in [0.2, 0.25) is 0 Å². The molecule has 8 heteroatoms. The summed E-state index contributed by atoms with van der Waals surface area (Å²) in [5.74, 6) is -0.585. The Morgan fingerprint density at radius 3 is 2.65 bits per heavy atom. The van der Waals surface area contributed by atoms with Gasteiger partial charge in [0.25, 0.3) is 0 Å². The molecule has 1 aromatic carbocycles. The molecule has 0 aliphatic rings. The van der Waals surface area contributed by atoms with Gasteiger partial charge in [0.05, 0.1) is 0 Å². The van der Waals surface area contributed by atoms with E-state index in [1.165, 1.54) is 12.1 Å². The molecule has 0 atom stereocenters. The molecule has 1 amide bonds. The van der Waals surface area contributed by atoms with Crippen LogP contribution in [0, 0.1) is 11.2 Å². The Morgan fingerprint density at radius 2 is 2.08 bits per heavy atom. The van der Waals surface area contributed by atoms with E-state index in [2.05, 4.69) is 8.44 Å². The second-order valence-electron chi connectivity index (χ2n) is 6.41. The van der Waals surface area contributed by atoms with Crippen molar-refractivity contribution in [3.63, 3.8) is 0 Å². The molecule has 1 heterocycles. The fourth-order valence-electron chi connectivity index (χ4n) is 2.07. The summed E-state index contributed by atoms with van der Waals surface area (Å²) < 4.78 is 22.5. The zero-order valence-electron chi connectivity index (χ0n) is 14.7. The molecule has 0 unspecified atom stereocenters. The number of halogens is 1. The van der Waals surface area contributed by atoms with Crippen molar-refractivity contribution in [2.45, 2.75) is 26.4 Å². The molecule has 1 aromatic heterocycles. The number of amides is 1. The van der Waals surface area contributed by atoms with Crippen LogP contribution < -0.4 is 8.44 Å². The molecule has 3 N–H and O–H groups in total. The Hall–Kier alpha value is -1.75. The zero-order chi connectivity index (χ0) is 19.3. The van der Waals surface area contributed by atoms with Gasteiger partial charge in [0.15, 0.2) is 0 Å². The van der Waals surface area contributed by atoms with Crippen LogP contribution in [0.1, 0.15) is 31.2 Å². The molecule has 26 heavy (non-hydrogen) atoms. The van der Waals surface area contributed by atoms with E-state index in [0.29, 0.717) is 37.3 Å². The second kappa shape index (κ2) is 8.76. The molecule has 0 saturated heterocycles. The third kappa shape index (κ3) is 5.91. The topological polar surface area (TPSA) is 74.2 Å². The van der Waals surface area contributed by atoms with E-state index < -0.39 is 17.5 Å². The Labute approximate surface area is 172 Å². The third-order valence-electron chi connectivity index (χ3n) is 3.15. The van der Waals surface area contributed by atoms with Gasteiger partial charge in [0, 0.05) is 0 Å². The van der Waals surface area contributed by atoms with E-state index in [1.807, 2.05) is 23.6 Å². The Bertz CT molecular complexity index is 830. The fraction of sp³-hybridized carbons (Fsp3) is 0.222. The van der Waals surface area contributed by atoms with Crippen molar-refractivity contribution in [3.05, 3.63) is 52.0 Å². The Kier molecular flexibility index (Phi) is 6.93. The van der Waals surface area contributed by atoms with Gasteiger partial charge in [-0.1, -0.05) is 0 Å². The monoisotopic (exact) mass is 565 g/mol. The SMILES string of the molecule is CC(C)(C)OC(=O)Nc1cc(C(=N)/C=C/c2cccs2)c([NH][Tl])cc1F. The van der Waals surface area contributed by atoms with Crippen LogP contribution in [0.25, 0.3) is 6.08 Å². The first-order chi connectivity index (χ1) is 12.2. The molecule has 0 radical (unpaired) electrons. The van der Waals surface area contributed by atoms with E-state index in [-0.39, 0.29) is 11.4 Å². The molecule has 2 aromatic rings. The number of carbonyl (C=O) groups is 1. The molecule has 2 rings (SSSR count). The predicted molar refractivity (Wildman–Crippen MR) is 106 cm³/mol. The van der Waals surface area contributed by atoms with Crippen LogP contribution in [0.4, 0.5) is 20.6 Å². The summed E-state index contributed by atoms with van der Waals surface area (Å²) in [6, 6.07) is 6.61. The van der Waals surface area contributed by atoms with E-state index in [9.17, 15) is 9.18 Å². The average molecular weight is 565 g/mol. The van der Waals surface area contributed by atoms with Gasteiger partial charge in [0.2, 0.25) is 0 Å². The standard InChI is InChI=1S/C18H20FN3O2S.Tl/c1-18(2,3)24-17(23)22-16-9-12(15(21)10-13(16)19)14(20)7-6-11-5-4-8-25-11;/h4-10H,1-3H3,(H4,20,21,22,23);/q;+1/p-1/b7-6+;. The predicted octanol–water partition coefficient (Wildman–Crippen LogP) is 4.81. The number of thiophene rings is 1. The summed E-state index contributed by atoms with van der Waals surface area (Å²) >= 11 is 1.95. The zero-order valence-corrected chi connectivity index (χ0v) is 20.0. The summed E-state index contributed by atoms with van der Waals surface area (Å²) in [7, 11) is 0. The first-order valence-corrected chi connectivity index (χ1v) is 10.9. The average Bonchev–Trinajstić information content (AvgIpc) is 3.05. The summed E-state index contributed by atoms with van der Waals surface area (Å²) in [5, 5.41) is 12.7. The molecule has 0 aliphatic heterocycles. The Balaban J connectivity index is 2.27. The normalized spacial score (nSPS) is 11.3.